The fraction of sp³-hybridized carbons (Fsp3) is 0.150. The number of amides is 1. The largest absolute Gasteiger partial charge is 0.497 e. The lowest BCUT2D eigenvalue weighted by atomic mass is 10.1. The van der Waals surface area contributed by atoms with E-state index in [4.69, 9.17) is 21.1 Å². The molecule has 0 aromatic heterocycles. The SMILES string of the molecule is COc1cccc(/C=C(\C#N)C(=O)OCC(=O)Nc2ccc(C)cc2Cl)c1. The molecular weight excluding hydrogens is 368 g/mol. The maximum absolute atomic E-state index is 12.1. The van der Waals surface area contributed by atoms with E-state index in [2.05, 4.69) is 5.32 Å². The van der Waals surface area contributed by atoms with Gasteiger partial charge < -0.3 is 14.8 Å². The van der Waals surface area contributed by atoms with Crippen molar-refractivity contribution in [3.05, 3.63) is 64.2 Å². The third-order valence-corrected chi connectivity index (χ3v) is 3.79. The second kappa shape index (κ2) is 9.41. The van der Waals surface area contributed by atoms with E-state index in [1.54, 1.807) is 48.5 Å². The molecule has 2 aromatic rings. The average molecular weight is 385 g/mol. The summed E-state index contributed by atoms with van der Waals surface area (Å²) in [5.41, 5.74) is 1.73. The minimum Gasteiger partial charge on any atom is -0.497 e. The zero-order valence-corrected chi connectivity index (χ0v) is 15.5. The summed E-state index contributed by atoms with van der Waals surface area (Å²) in [7, 11) is 1.52. The minimum absolute atomic E-state index is 0.232. The number of halogens is 1. The number of aryl methyl sites for hydroxylation is 1. The highest BCUT2D eigenvalue weighted by atomic mass is 35.5. The van der Waals surface area contributed by atoms with Crippen molar-refractivity contribution in [1.29, 1.82) is 5.26 Å². The molecule has 6 nitrogen and oxygen atoms in total. The molecule has 0 aliphatic heterocycles. The Hall–Kier alpha value is -3.30. The number of rotatable bonds is 6. The van der Waals surface area contributed by atoms with Crippen LogP contribution in [-0.4, -0.2) is 25.6 Å². The normalized spacial score (nSPS) is 10.7. The van der Waals surface area contributed by atoms with Gasteiger partial charge in [0.15, 0.2) is 6.61 Å². The van der Waals surface area contributed by atoms with Gasteiger partial charge in [-0.15, -0.1) is 0 Å². The highest BCUT2D eigenvalue weighted by molar-refractivity contribution is 6.33. The van der Waals surface area contributed by atoms with Crippen LogP contribution in [0.3, 0.4) is 0 Å². The van der Waals surface area contributed by atoms with Crippen molar-refractivity contribution in [2.45, 2.75) is 6.92 Å². The van der Waals surface area contributed by atoms with Crippen LogP contribution >= 0.6 is 11.6 Å². The van der Waals surface area contributed by atoms with Crippen molar-refractivity contribution < 1.29 is 19.1 Å². The Labute approximate surface area is 162 Å². The topological polar surface area (TPSA) is 88.4 Å². The van der Waals surface area contributed by atoms with Crippen molar-refractivity contribution in [3.8, 4) is 11.8 Å². The summed E-state index contributed by atoms with van der Waals surface area (Å²) in [6.07, 6.45) is 1.36. The molecule has 2 aromatic carbocycles. The first-order valence-electron chi connectivity index (χ1n) is 7.92. The monoisotopic (exact) mass is 384 g/mol. The van der Waals surface area contributed by atoms with Crippen LogP contribution in [0.1, 0.15) is 11.1 Å². The molecule has 7 heteroatoms. The van der Waals surface area contributed by atoms with Gasteiger partial charge in [-0.1, -0.05) is 29.8 Å². The second-order valence-electron chi connectivity index (χ2n) is 5.55. The van der Waals surface area contributed by atoms with E-state index in [1.165, 1.54) is 13.2 Å². The van der Waals surface area contributed by atoms with Crippen LogP contribution in [0.2, 0.25) is 5.02 Å². The smallest absolute Gasteiger partial charge is 0.349 e. The van der Waals surface area contributed by atoms with Gasteiger partial charge in [0, 0.05) is 0 Å². The standard InChI is InChI=1S/C20H17ClN2O4/c1-13-6-7-18(17(21)8-13)23-19(24)12-27-20(25)15(11-22)9-14-4-3-5-16(10-14)26-2/h3-10H,12H2,1-2H3,(H,23,24)/b15-9+. The van der Waals surface area contributed by atoms with Crippen LogP contribution in [0.5, 0.6) is 5.75 Å². The Balaban J connectivity index is 1.99. The second-order valence-corrected chi connectivity index (χ2v) is 5.96. The number of methoxy groups -OCH3 is 1. The molecule has 2 rings (SSSR count). The molecule has 0 spiro atoms. The molecule has 27 heavy (non-hydrogen) atoms. The van der Waals surface area contributed by atoms with E-state index in [0.717, 1.165) is 5.56 Å². The quantitative estimate of drug-likeness (QED) is 0.465. The number of carbonyl (C=O) groups excluding carboxylic acids is 2. The lowest BCUT2D eigenvalue weighted by Crippen LogP contribution is -2.21. The third-order valence-electron chi connectivity index (χ3n) is 3.48. The van der Waals surface area contributed by atoms with Crippen molar-refractivity contribution >= 4 is 35.2 Å². The predicted octanol–water partition coefficient (Wildman–Crippen LogP) is 3.75. The van der Waals surface area contributed by atoms with Gasteiger partial charge in [-0.05, 0) is 48.4 Å². The first-order chi connectivity index (χ1) is 12.9. The van der Waals surface area contributed by atoms with Crippen LogP contribution in [0, 0.1) is 18.3 Å². The van der Waals surface area contributed by atoms with Crippen LogP contribution in [0.15, 0.2) is 48.0 Å². The van der Waals surface area contributed by atoms with Crippen molar-refractivity contribution in [1.82, 2.24) is 0 Å². The molecule has 0 unspecified atom stereocenters. The number of esters is 1. The Morgan fingerprint density at radius 1 is 1.26 bits per heavy atom. The summed E-state index contributed by atoms with van der Waals surface area (Å²) in [5.74, 6) is -0.873. The van der Waals surface area contributed by atoms with Gasteiger partial charge in [-0.3, -0.25) is 4.79 Å². The Morgan fingerprint density at radius 3 is 2.70 bits per heavy atom. The first-order valence-corrected chi connectivity index (χ1v) is 8.29. The zero-order chi connectivity index (χ0) is 19.8. The van der Waals surface area contributed by atoms with E-state index in [-0.39, 0.29) is 5.57 Å². The van der Waals surface area contributed by atoms with Gasteiger partial charge in [-0.2, -0.15) is 5.26 Å². The molecule has 0 saturated heterocycles. The van der Waals surface area contributed by atoms with Crippen LogP contribution < -0.4 is 10.1 Å². The fourth-order valence-corrected chi connectivity index (χ4v) is 2.43. The molecule has 0 aliphatic carbocycles. The molecule has 0 aliphatic rings. The lowest BCUT2D eigenvalue weighted by Gasteiger charge is -2.08. The molecule has 0 bridgehead atoms. The molecule has 0 heterocycles. The number of nitrogens with one attached hydrogen (secondary N) is 1. The Morgan fingerprint density at radius 2 is 2.04 bits per heavy atom. The van der Waals surface area contributed by atoms with Gasteiger partial charge in [0.05, 0.1) is 17.8 Å². The van der Waals surface area contributed by atoms with Crippen molar-refractivity contribution in [2.24, 2.45) is 0 Å². The number of hydrogen-bond donors (Lipinski definition) is 1. The summed E-state index contributed by atoms with van der Waals surface area (Å²) in [6.45, 7) is 1.33. The number of nitriles is 1. The third kappa shape index (κ3) is 5.87. The van der Waals surface area contributed by atoms with Gasteiger partial charge in [0.25, 0.3) is 5.91 Å². The Bertz CT molecular complexity index is 932. The predicted molar refractivity (Wildman–Crippen MR) is 102 cm³/mol. The summed E-state index contributed by atoms with van der Waals surface area (Å²) < 4.78 is 10.00. The van der Waals surface area contributed by atoms with Gasteiger partial charge in [0.1, 0.15) is 17.4 Å². The van der Waals surface area contributed by atoms with Crippen LogP contribution in [0.25, 0.3) is 6.08 Å². The highest BCUT2D eigenvalue weighted by Crippen LogP contribution is 2.22. The number of hydrogen-bond acceptors (Lipinski definition) is 5. The summed E-state index contributed by atoms with van der Waals surface area (Å²) in [4.78, 5) is 24.0. The van der Waals surface area contributed by atoms with E-state index in [1.807, 2.05) is 6.92 Å². The molecule has 0 radical (unpaired) electrons. The van der Waals surface area contributed by atoms with Gasteiger partial charge in [-0.25, -0.2) is 4.79 Å². The van der Waals surface area contributed by atoms with E-state index in [0.29, 0.717) is 22.0 Å². The van der Waals surface area contributed by atoms with E-state index < -0.39 is 18.5 Å². The van der Waals surface area contributed by atoms with Crippen LogP contribution in [-0.2, 0) is 14.3 Å². The van der Waals surface area contributed by atoms with Crippen molar-refractivity contribution in [2.75, 3.05) is 19.0 Å². The number of benzene rings is 2. The summed E-state index contributed by atoms with van der Waals surface area (Å²) in [5, 5.41) is 12.1. The molecule has 138 valence electrons. The van der Waals surface area contributed by atoms with Gasteiger partial charge in [0.2, 0.25) is 0 Å². The molecule has 0 saturated carbocycles. The fourth-order valence-electron chi connectivity index (χ4n) is 2.15. The minimum atomic E-state index is -0.898. The van der Waals surface area contributed by atoms with E-state index in [9.17, 15) is 14.9 Å². The van der Waals surface area contributed by atoms with E-state index >= 15 is 0 Å². The maximum Gasteiger partial charge on any atom is 0.349 e. The average Bonchev–Trinajstić information content (AvgIpc) is 2.66. The van der Waals surface area contributed by atoms with Gasteiger partial charge >= 0.3 is 5.97 Å². The molecule has 0 atom stereocenters. The highest BCUT2D eigenvalue weighted by Gasteiger charge is 2.14. The summed E-state index contributed by atoms with van der Waals surface area (Å²) >= 11 is 6.04. The maximum atomic E-state index is 12.1. The number of carbonyl (C=O) groups is 2. The molecule has 1 N–H and O–H groups in total. The Kier molecular flexibility index (Phi) is 6.98. The zero-order valence-electron chi connectivity index (χ0n) is 14.8. The number of ether oxygens (including phenoxy) is 2. The summed E-state index contributed by atoms with van der Waals surface area (Å²) in [6, 6.07) is 13.8. The number of nitrogens with zero attached hydrogens (tertiary/aromatic N) is 1. The molecule has 0 fully saturated rings. The van der Waals surface area contributed by atoms with Crippen LogP contribution in [0.4, 0.5) is 5.69 Å². The van der Waals surface area contributed by atoms with Crippen molar-refractivity contribution in [3.63, 3.8) is 0 Å². The number of anilines is 1. The lowest BCUT2D eigenvalue weighted by molar-refractivity contribution is -0.142. The molecular formula is C20H17ClN2O4. The molecule has 1 amide bonds. The first kappa shape index (κ1) is 20.0.